The van der Waals surface area contributed by atoms with Crippen LogP contribution in [0.5, 0.6) is 17.2 Å². The number of hydrogen-bond donors (Lipinski definition) is 0. The maximum atomic E-state index is 12.1. The van der Waals surface area contributed by atoms with Crippen molar-refractivity contribution in [1.82, 2.24) is 0 Å². The highest BCUT2D eigenvalue weighted by molar-refractivity contribution is 5.91. The lowest BCUT2D eigenvalue weighted by Gasteiger charge is -2.10. The van der Waals surface area contributed by atoms with Crippen LogP contribution in [-0.2, 0) is 6.42 Å². The Morgan fingerprint density at radius 2 is 1.67 bits per heavy atom. The SMILES string of the molecule is CCc1ccc(OC(=O)c2ccc(OC)cc2)c(OC)c1. The van der Waals surface area contributed by atoms with Gasteiger partial charge in [0.05, 0.1) is 19.8 Å². The molecular formula is C17H18O4. The van der Waals surface area contributed by atoms with E-state index >= 15 is 0 Å². The van der Waals surface area contributed by atoms with E-state index in [0.29, 0.717) is 22.8 Å². The highest BCUT2D eigenvalue weighted by Crippen LogP contribution is 2.29. The van der Waals surface area contributed by atoms with E-state index in [1.807, 2.05) is 12.1 Å². The van der Waals surface area contributed by atoms with Crippen molar-refractivity contribution >= 4 is 5.97 Å². The maximum Gasteiger partial charge on any atom is 0.343 e. The van der Waals surface area contributed by atoms with Crippen LogP contribution in [0.2, 0.25) is 0 Å². The van der Waals surface area contributed by atoms with Gasteiger partial charge in [-0.05, 0) is 48.4 Å². The molecule has 0 aliphatic heterocycles. The van der Waals surface area contributed by atoms with Crippen LogP contribution in [0.25, 0.3) is 0 Å². The molecule has 0 bridgehead atoms. The van der Waals surface area contributed by atoms with Gasteiger partial charge in [-0.15, -0.1) is 0 Å². The van der Waals surface area contributed by atoms with Crippen LogP contribution in [-0.4, -0.2) is 20.2 Å². The Labute approximate surface area is 124 Å². The van der Waals surface area contributed by atoms with Gasteiger partial charge >= 0.3 is 5.97 Å². The first-order valence-corrected chi connectivity index (χ1v) is 6.71. The summed E-state index contributed by atoms with van der Waals surface area (Å²) in [5, 5.41) is 0. The van der Waals surface area contributed by atoms with Gasteiger partial charge in [0.1, 0.15) is 5.75 Å². The van der Waals surface area contributed by atoms with Gasteiger partial charge in [0.2, 0.25) is 0 Å². The Hall–Kier alpha value is -2.49. The zero-order valence-electron chi connectivity index (χ0n) is 12.4. The fourth-order valence-corrected chi connectivity index (χ4v) is 1.90. The molecule has 0 saturated carbocycles. The fraction of sp³-hybridized carbons (Fsp3) is 0.235. The van der Waals surface area contributed by atoms with E-state index in [9.17, 15) is 4.79 Å². The van der Waals surface area contributed by atoms with Gasteiger partial charge < -0.3 is 14.2 Å². The molecule has 0 aliphatic carbocycles. The summed E-state index contributed by atoms with van der Waals surface area (Å²) in [6.07, 6.45) is 0.892. The molecular weight excluding hydrogens is 268 g/mol. The largest absolute Gasteiger partial charge is 0.497 e. The molecule has 2 aromatic carbocycles. The molecule has 0 heterocycles. The Balaban J connectivity index is 2.18. The van der Waals surface area contributed by atoms with E-state index in [1.165, 1.54) is 0 Å². The van der Waals surface area contributed by atoms with Gasteiger partial charge in [0.25, 0.3) is 0 Å². The summed E-state index contributed by atoms with van der Waals surface area (Å²) in [7, 11) is 3.13. The van der Waals surface area contributed by atoms with Crippen molar-refractivity contribution < 1.29 is 19.0 Å². The summed E-state index contributed by atoms with van der Waals surface area (Å²) in [5.41, 5.74) is 1.58. The zero-order valence-corrected chi connectivity index (χ0v) is 12.4. The van der Waals surface area contributed by atoms with Crippen molar-refractivity contribution in [2.75, 3.05) is 14.2 Å². The van der Waals surface area contributed by atoms with Gasteiger partial charge in [0.15, 0.2) is 11.5 Å². The molecule has 110 valence electrons. The lowest BCUT2D eigenvalue weighted by atomic mass is 10.1. The number of methoxy groups -OCH3 is 2. The predicted octanol–water partition coefficient (Wildman–Crippen LogP) is 3.49. The summed E-state index contributed by atoms with van der Waals surface area (Å²) in [6.45, 7) is 2.05. The highest BCUT2D eigenvalue weighted by Gasteiger charge is 2.12. The molecule has 0 N–H and O–H groups in total. The summed E-state index contributed by atoms with van der Waals surface area (Å²) < 4.78 is 15.7. The summed E-state index contributed by atoms with van der Waals surface area (Å²) in [5.74, 6) is 1.23. The van der Waals surface area contributed by atoms with Crippen LogP contribution < -0.4 is 14.2 Å². The summed E-state index contributed by atoms with van der Waals surface area (Å²) in [4.78, 5) is 12.1. The predicted molar refractivity (Wildman–Crippen MR) is 80.3 cm³/mol. The minimum atomic E-state index is -0.430. The van der Waals surface area contributed by atoms with Crippen molar-refractivity contribution in [3.8, 4) is 17.2 Å². The quantitative estimate of drug-likeness (QED) is 0.623. The van der Waals surface area contributed by atoms with Crippen LogP contribution in [0.15, 0.2) is 42.5 Å². The minimum absolute atomic E-state index is 0.413. The molecule has 4 nitrogen and oxygen atoms in total. The topological polar surface area (TPSA) is 44.8 Å². The molecule has 0 unspecified atom stereocenters. The molecule has 0 fully saturated rings. The third kappa shape index (κ3) is 3.54. The Kier molecular flexibility index (Phi) is 4.82. The van der Waals surface area contributed by atoms with Crippen LogP contribution in [0.4, 0.5) is 0 Å². The third-order valence-electron chi connectivity index (χ3n) is 3.16. The van der Waals surface area contributed by atoms with Crippen LogP contribution >= 0.6 is 0 Å². The lowest BCUT2D eigenvalue weighted by molar-refractivity contribution is 0.0729. The Morgan fingerprint density at radius 1 is 0.952 bits per heavy atom. The number of aryl methyl sites for hydroxylation is 1. The van der Waals surface area contributed by atoms with Crippen molar-refractivity contribution in [1.29, 1.82) is 0 Å². The molecule has 2 aromatic rings. The summed E-state index contributed by atoms with van der Waals surface area (Å²) >= 11 is 0. The first-order valence-electron chi connectivity index (χ1n) is 6.71. The maximum absolute atomic E-state index is 12.1. The molecule has 0 atom stereocenters. The van der Waals surface area contributed by atoms with Crippen LogP contribution in [0, 0.1) is 0 Å². The lowest BCUT2D eigenvalue weighted by Crippen LogP contribution is -2.09. The van der Waals surface area contributed by atoms with Crippen molar-refractivity contribution in [3.05, 3.63) is 53.6 Å². The number of rotatable bonds is 5. The molecule has 0 spiro atoms. The fourth-order valence-electron chi connectivity index (χ4n) is 1.90. The van der Waals surface area contributed by atoms with E-state index in [0.717, 1.165) is 12.0 Å². The number of esters is 1. The molecule has 21 heavy (non-hydrogen) atoms. The van der Waals surface area contributed by atoms with Gasteiger partial charge in [-0.25, -0.2) is 4.79 Å². The monoisotopic (exact) mass is 286 g/mol. The van der Waals surface area contributed by atoms with Gasteiger partial charge in [0, 0.05) is 0 Å². The standard InChI is InChI=1S/C17H18O4/c1-4-12-5-10-15(16(11-12)20-3)21-17(18)13-6-8-14(19-2)9-7-13/h5-11H,4H2,1-3H3. The average molecular weight is 286 g/mol. The summed E-state index contributed by atoms with van der Waals surface area (Å²) in [6, 6.07) is 12.3. The van der Waals surface area contributed by atoms with E-state index in [2.05, 4.69) is 6.92 Å². The smallest absolute Gasteiger partial charge is 0.343 e. The molecule has 0 saturated heterocycles. The van der Waals surface area contributed by atoms with E-state index < -0.39 is 5.97 Å². The molecule has 0 aromatic heterocycles. The molecule has 2 rings (SSSR count). The first-order chi connectivity index (χ1) is 10.2. The second-order valence-corrected chi connectivity index (χ2v) is 4.46. The third-order valence-corrected chi connectivity index (χ3v) is 3.16. The van der Waals surface area contributed by atoms with Crippen molar-refractivity contribution in [2.24, 2.45) is 0 Å². The van der Waals surface area contributed by atoms with Gasteiger partial charge in [-0.2, -0.15) is 0 Å². The normalized spacial score (nSPS) is 10.0. The van der Waals surface area contributed by atoms with Crippen molar-refractivity contribution in [2.45, 2.75) is 13.3 Å². The van der Waals surface area contributed by atoms with E-state index in [-0.39, 0.29) is 0 Å². The molecule has 0 amide bonds. The second kappa shape index (κ2) is 6.79. The van der Waals surface area contributed by atoms with E-state index in [1.54, 1.807) is 44.6 Å². The van der Waals surface area contributed by atoms with Crippen molar-refractivity contribution in [3.63, 3.8) is 0 Å². The number of hydrogen-bond acceptors (Lipinski definition) is 4. The Bertz CT molecular complexity index is 617. The van der Waals surface area contributed by atoms with Gasteiger partial charge in [-0.3, -0.25) is 0 Å². The molecule has 0 aliphatic rings. The minimum Gasteiger partial charge on any atom is -0.497 e. The molecule has 4 heteroatoms. The van der Waals surface area contributed by atoms with Crippen LogP contribution in [0.1, 0.15) is 22.8 Å². The number of carbonyl (C=O) groups excluding carboxylic acids is 1. The van der Waals surface area contributed by atoms with Gasteiger partial charge in [-0.1, -0.05) is 13.0 Å². The number of ether oxygens (including phenoxy) is 3. The van der Waals surface area contributed by atoms with Crippen LogP contribution in [0.3, 0.4) is 0 Å². The highest BCUT2D eigenvalue weighted by atomic mass is 16.6. The Morgan fingerprint density at radius 3 is 2.24 bits per heavy atom. The average Bonchev–Trinajstić information content (AvgIpc) is 2.55. The first kappa shape index (κ1) is 14.9. The second-order valence-electron chi connectivity index (χ2n) is 4.46. The zero-order chi connectivity index (χ0) is 15.2. The molecule has 0 radical (unpaired) electrons. The number of carbonyl (C=O) groups is 1. The number of benzene rings is 2. The van der Waals surface area contributed by atoms with E-state index in [4.69, 9.17) is 14.2 Å².